The van der Waals surface area contributed by atoms with Crippen LogP contribution in [0.4, 0.5) is 0 Å². The molecule has 1 spiro atoms. The van der Waals surface area contributed by atoms with Crippen molar-refractivity contribution in [2.24, 2.45) is 5.41 Å². The summed E-state index contributed by atoms with van der Waals surface area (Å²) in [5.74, 6) is 0. The van der Waals surface area contributed by atoms with Crippen LogP contribution < -0.4 is 5.32 Å². The van der Waals surface area contributed by atoms with Gasteiger partial charge in [-0.1, -0.05) is 0 Å². The van der Waals surface area contributed by atoms with Gasteiger partial charge in [0.15, 0.2) is 0 Å². The van der Waals surface area contributed by atoms with Gasteiger partial charge in [-0.05, 0) is 44.2 Å². The van der Waals surface area contributed by atoms with Crippen LogP contribution in [0, 0.1) is 5.41 Å². The van der Waals surface area contributed by atoms with E-state index in [0.717, 1.165) is 11.5 Å². The van der Waals surface area contributed by atoms with Crippen molar-refractivity contribution in [3.8, 4) is 0 Å². The molecule has 0 radical (unpaired) electrons. The Labute approximate surface area is 74.3 Å². The zero-order valence-corrected chi connectivity index (χ0v) is 7.68. The van der Waals surface area contributed by atoms with Crippen molar-refractivity contribution in [3.63, 3.8) is 0 Å². The van der Waals surface area contributed by atoms with Crippen molar-refractivity contribution in [3.05, 3.63) is 0 Å². The molecular weight excluding hydrogens is 148 g/mol. The Morgan fingerprint density at radius 2 is 1.75 bits per heavy atom. The first-order valence-electron chi connectivity index (χ1n) is 5.33. The van der Waals surface area contributed by atoms with E-state index in [-0.39, 0.29) is 0 Å². The molecule has 2 heterocycles. The Morgan fingerprint density at radius 1 is 1.08 bits per heavy atom. The third-order valence-electron chi connectivity index (χ3n) is 3.92. The van der Waals surface area contributed by atoms with Crippen molar-refractivity contribution < 1.29 is 0 Å². The van der Waals surface area contributed by atoms with Gasteiger partial charge in [0.1, 0.15) is 0 Å². The second kappa shape index (κ2) is 2.46. The van der Waals surface area contributed by atoms with Gasteiger partial charge in [0.2, 0.25) is 0 Å². The van der Waals surface area contributed by atoms with E-state index in [4.69, 9.17) is 0 Å². The maximum Gasteiger partial charge on any atom is 0.00964 e. The Morgan fingerprint density at radius 3 is 2.17 bits per heavy atom. The molecule has 3 aliphatic rings. The van der Waals surface area contributed by atoms with Gasteiger partial charge in [-0.25, -0.2) is 0 Å². The molecule has 0 aromatic carbocycles. The van der Waals surface area contributed by atoms with E-state index < -0.39 is 0 Å². The molecule has 3 rings (SSSR count). The molecule has 0 unspecified atom stereocenters. The minimum Gasteiger partial charge on any atom is -0.316 e. The predicted molar refractivity (Wildman–Crippen MR) is 49.1 cm³/mol. The highest BCUT2D eigenvalue weighted by molar-refractivity contribution is 4.98. The molecule has 2 aliphatic heterocycles. The molecule has 0 amide bonds. The van der Waals surface area contributed by atoms with Gasteiger partial charge in [-0.2, -0.15) is 0 Å². The van der Waals surface area contributed by atoms with Crippen LogP contribution in [-0.4, -0.2) is 37.1 Å². The molecule has 0 aromatic heterocycles. The summed E-state index contributed by atoms with van der Waals surface area (Å²) in [4.78, 5) is 2.71. The van der Waals surface area contributed by atoms with Crippen molar-refractivity contribution >= 4 is 0 Å². The summed E-state index contributed by atoms with van der Waals surface area (Å²) < 4.78 is 0. The fraction of sp³-hybridized carbons (Fsp3) is 1.00. The van der Waals surface area contributed by atoms with E-state index in [0.29, 0.717) is 0 Å². The number of nitrogens with one attached hydrogen (secondary N) is 1. The molecule has 0 aromatic rings. The fourth-order valence-electron chi connectivity index (χ4n) is 2.64. The molecule has 12 heavy (non-hydrogen) atoms. The Balaban J connectivity index is 1.57. The van der Waals surface area contributed by atoms with Crippen molar-refractivity contribution in [1.82, 2.24) is 10.2 Å². The highest BCUT2D eigenvalue weighted by atomic mass is 15.2. The van der Waals surface area contributed by atoms with Crippen LogP contribution in [0.1, 0.15) is 25.7 Å². The lowest BCUT2D eigenvalue weighted by atomic mass is 9.73. The van der Waals surface area contributed by atoms with E-state index in [1.54, 1.807) is 0 Å². The standard InChI is InChI=1S/C10H18N2/c1-2-9(1)12-5-3-10(4-6-12)7-11-8-10/h9,11H,1-8H2. The number of hydrogen-bond donors (Lipinski definition) is 1. The largest absolute Gasteiger partial charge is 0.316 e. The summed E-state index contributed by atoms with van der Waals surface area (Å²) >= 11 is 0. The summed E-state index contributed by atoms with van der Waals surface area (Å²) in [5, 5.41) is 3.41. The first-order valence-corrected chi connectivity index (χ1v) is 5.33. The van der Waals surface area contributed by atoms with E-state index >= 15 is 0 Å². The highest BCUT2D eigenvalue weighted by Gasteiger charge is 2.42. The van der Waals surface area contributed by atoms with Crippen LogP contribution in [0.15, 0.2) is 0 Å². The van der Waals surface area contributed by atoms with Gasteiger partial charge >= 0.3 is 0 Å². The minimum atomic E-state index is 0.741. The number of rotatable bonds is 1. The lowest BCUT2D eigenvalue weighted by molar-refractivity contribution is 0.0518. The summed E-state index contributed by atoms with van der Waals surface area (Å²) in [7, 11) is 0. The molecule has 1 saturated carbocycles. The SMILES string of the molecule is C1CC1N1CCC2(CC1)CNC2. The normalized spacial score (nSPS) is 35.0. The lowest BCUT2D eigenvalue weighted by Gasteiger charge is -2.48. The topological polar surface area (TPSA) is 15.3 Å². The Hall–Kier alpha value is -0.0800. The number of hydrogen-bond acceptors (Lipinski definition) is 2. The molecule has 68 valence electrons. The van der Waals surface area contributed by atoms with Gasteiger partial charge in [0.05, 0.1) is 0 Å². The van der Waals surface area contributed by atoms with Gasteiger partial charge in [-0.15, -0.1) is 0 Å². The summed E-state index contributed by atoms with van der Waals surface area (Å²) in [5.41, 5.74) is 0.741. The maximum atomic E-state index is 3.41. The average molecular weight is 166 g/mol. The molecule has 3 fully saturated rings. The number of likely N-dealkylation sites (tertiary alicyclic amines) is 1. The third kappa shape index (κ3) is 1.09. The molecule has 1 aliphatic carbocycles. The van der Waals surface area contributed by atoms with E-state index in [1.807, 2.05) is 0 Å². The Kier molecular flexibility index (Phi) is 1.50. The second-order valence-electron chi connectivity index (χ2n) is 4.87. The second-order valence-corrected chi connectivity index (χ2v) is 4.87. The van der Waals surface area contributed by atoms with Crippen molar-refractivity contribution in [2.75, 3.05) is 26.2 Å². The van der Waals surface area contributed by atoms with Gasteiger partial charge in [-0.3, -0.25) is 0 Å². The molecule has 2 heteroatoms. The van der Waals surface area contributed by atoms with Crippen molar-refractivity contribution in [2.45, 2.75) is 31.7 Å². The van der Waals surface area contributed by atoms with Crippen LogP contribution in [0.2, 0.25) is 0 Å². The van der Waals surface area contributed by atoms with Crippen molar-refractivity contribution in [1.29, 1.82) is 0 Å². The van der Waals surface area contributed by atoms with E-state index in [9.17, 15) is 0 Å². The molecular formula is C10H18N2. The quantitative estimate of drug-likeness (QED) is 0.621. The van der Waals surface area contributed by atoms with Crippen LogP contribution in [0.25, 0.3) is 0 Å². The maximum absolute atomic E-state index is 3.41. The summed E-state index contributed by atoms with van der Waals surface area (Å²) in [6.45, 7) is 5.36. The minimum absolute atomic E-state index is 0.741. The average Bonchev–Trinajstić information content (AvgIpc) is 2.84. The van der Waals surface area contributed by atoms with Gasteiger partial charge < -0.3 is 10.2 Å². The number of piperidine rings is 1. The summed E-state index contributed by atoms with van der Waals surface area (Å²) in [6, 6.07) is 0.996. The molecule has 2 nitrogen and oxygen atoms in total. The smallest absolute Gasteiger partial charge is 0.00964 e. The predicted octanol–water partition coefficient (Wildman–Crippen LogP) is 0.834. The lowest BCUT2D eigenvalue weighted by Crippen LogP contribution is -2.58. The monoisotopic (exact) mass is 166 g/mol. The molecule has 1 N–H and O–H groups in total. The fourth-order valence-corrected chi connectivity index (χ4v) is 2.64. The van der Waals surface area contributed by atoms with Gasteiger partial charge in [0, 0.05) is 19.1 Å². The zero-order valence-electron chi connectivity index (χ0n) is 7.68. The first kappa shape index (κ1) is 7.34. The van der Waals surface area contributed by atoms with E-state index in [1.165, 1.54) is 51.9 Å². The van der Waals surface area contributed by atoms with Crippen LogP contribution in [0.5, 0.6) is 0 Å². The highest BCUT2D eigenvalue weighted by Crippen LogP contribution is 2.38. The number of nitrogens with zero attached hydrogens (tertiary/aromatic N) is 1. The molecule has 0 atom stereocenters. The van der Waals surface area contributed by atoms with E-state index in [2.05, 4.69) is 10.2 Å². The third-order valence-corrected chi connectivity index (χ3v) is 3.92. The van der Waals surface area contributed by atoms with Crippen LogP contribution >= 0.6 is 0 Å². The van der Waals surface area contributed by atoms with Crippen LogP contribution in [-0.2, 0) is 0 Å². The molecule has 0 bridgehead atoms. The summed E-state index contributed by atoms with van der Waals surface area (Å²) in [6.07, 6.45) is 5.86. The van der Waals surface area contributed by atoms with Crippen LogP contribution in [0.3, 0.4) is 0 Å². The van der Waals surface area contributed by atoms with Gasteiger partial charge in [0.25, 0.3) is 0 Å². The Bertz CT molecular complexity index is 172. The first-order chi connectivity index (χ1) is 5.88. The molecule has 2 saturated heterocycles. The zero-order chi connectivity index (χ0) is 8.02.